The summed E-state index contributed by atoms with van der Waals surface area (Å²) in [6.07, 6.45) is 1.39. The molecule has 5 N–H and O–H groups in total. The van der Waals surface area contributed by atoms with E-state index >= 15 is 0 Å². The zero-order chi connectivity index (χ0) is 12.7. The number of nitrogens with zero attached hydrogens (tertiary/aromatic N) is 3. The van der Waals surface area contributed by atoms with Crippen LogP contribution in [0.25, 0.3) is 22.6 Å². The summed E-state index contributed by atoms with van der Waals surface area (Å²) in [5, 5.41) is 0. The van der Waals surface area contributed by atoms with E-state index in [1.807, 2.05) is 18.2 Å². The zero-order valence-electron chi connectivity index (χ0n) is 9.18. The number of fused-ring (bicyclic) bond motifs is 1. The van der Waals surface area contributed by atoms with Crippen LogP contribution in [0.2, 0.25) is 0 Å². The molecule has 2 aromatic heterocycles. The van der Waals surface area contributed by atoms with E-state index in [1.54, 1.807) is 0 Å². The molecule has 0 fully saturated rings. The van der Waals surface area contributed by atoms with E-state index in [0.717, 1.165) is 9.13 Å². The lowest BCUT2D eigenvalue weighted by molar-refractivity contribution is 1.21. The summed E-state index contributed by atoms with van der Waals surface area (Å²) < 4.78 is 1.01. The van der Waals surface area contributed by atoms with E-state index in [1.165, 1.54) is 6.33 Å². The predicted octanol–water partition coefficient (Wildman–Crippen LogP) is 1.79. The normalized spacial score (nSPS) is 10.9. The fourth-order valence-electron chi connectivity index (χ4n) is 1.67. The number of nitrogens with one attached hydrogen (secondary N) is 1. The second-order valence-electron chi connectivity index (χ2n) is 3.78. The average molecular weight is 352 g/mol. The standard InChI is InChI=1S/C11H9IN6/c12-6-2-1-5(3-7(6)13)10-17-8-9(14)15-4-16-11(8)18-10/h1-4H,13H2,(H3,14,15,16,17,18). The minimum Gasteiger partial charge on any atom is -0.398 e. The molecule has 0 aliphatic carbocycles. The Hall–Kier alpha value is -1.90. The summed E-state index contributed by atoms with van der Waals surface area (Å²) in [6.45, 7) is 0. The number of nitrogens with two attached hydrogens (primary N) is 2. The summed E-state index contributed by atoms with van der Waals surface area (Å²) in [5.41, 5.74) is 14.4. The van der Waals surface area contributed by atoms with Gasteiger partial charge in [0.25, 0.3) is 0 Å². The van der Waals surface area contributed by atoms with Crippen LogP contribution in [0.15, 0.2) is 24.5 Å². The lowest BCUT2D eigenvalue weighted by atomic mass is 10.2. The largest absolute Gasteiger partial charge is 0.398 e. The summed E-state index contributed by atoms with van der Waals surface area (Å²) >= 11 is 2.18. The molecule has 6 nitrogen and oxygen atoms in total. The Morgan fingerprint density at radius 3 is 2.72 bits per heavy atom. The monoisotopic (exact) mass is 352 g/mol. The maximum absolute atomic E-state index is 5.88. The van der Waals surface area contributed by atoms with E-state index in [0.29, 0.717) is 28.5 Å². The van der Waals surface area contributed by atoms with Crippen LogP contribution in [0.4, 0.5) is 11.5 Å². The third-order valence-electron chi connectivity index (χ3n) is 2.59. The Labute approximate surface area is 116 Å². The first-order valence-electron chi connectivity index (χ1n) is 5.17. The number of hydrogen-bond acceptors (Lipinski definition) is 5. The highest BCUT2D eigenvalue weighted by molar-refractivity contribution is 14.1. The quantitative estimate of drug-likeness (QED) is 0.457. The summed E-state index contributed by atoms with van der Waals surface area (Å²) in [6, 6.07) is 5.75. The SMILES string of the molecule is Nc1cc(-c2nc3ncnc(N)c3[nH]2)ccc1I. The van der Waals surface area contributed by atoms with Crippen molar-refractivity contribution in [1.82, 2.24) is 19.9 Å². The molecule has 3 rings (SSSR count). The summed E-state index contributed by atoms with van der Waals surface area (Å²) in [5.74, 6) is 1.07. The van der Waals surface area contributed by atoms with Gasteiger partial charge in [0.05, 0.1) is 0 Å². The van der Waals surface area contributed by atoms with Gasteiger partial charge in [0.1, 0.15) is 17.7 Å². The van der Waals surface area contributed by atoms with Crippen LogP contribution >= 0.6 is 22.6 Å². The van der Waals surface area contributed by atoms with Gasteiger partial charge >= 0.3 is 0 Å². The second-order valence-corrected chi connectivity index (χ2v) is 4.94. The topological polar surface area (TPSA) is 106 Å². The molecule has 0 saturated heterocycles. The number of H-pyrrole nitrogens is 1. The molecular weight excluding hydrogens is 343 g/mol. The van der Waals surface area contributed by atoms with Crippen molar-refractivity contribution in [2.45, 2.75) is 0 Å². The minimum absolute atomic E-state index is 0.386. The molecule has 2 heterocycles. The van der Waals surface area contributed by atoms with E-state index in [2.05, 4.69) is 42.5 Å². The number of rotatable bonds is 1. The number of aromatic nitrogens is 4. The van der Waals surface area contributed by atoms with Crippen molar-refractivity contribution < 1.29 is 0 Å². The second kappa shape index (κ2) is 4.09. The van der Waals surface area contributed by atoms with Gasteiger partial charge in [-0.2, -0.15) is 0 Å². The number of aromatic amines is 1. The maximum Gasteiger partial charge on any atom is 0.183 e. The lowest BCUT2D eigenvalue weighted by Crippen LogP contribution is -1.92. The van der Waals surface area contributed by atoms with Crippen molar-refractivity contribution >= 4 is 45.3 Å². The van der Waals surface area contributed by atoms with Gasteiger partial charge in [-0.05, 0) is 34.7 Å². The Morgan fingerprint density at radius 1 is 1.17 bits per heavy atom. The highest BCUT2D eigenvalue weighted by atomic mass is 127. The first-order valence-corrected chi connectivity index (χ1v) is 6.24. The van der Waals surface area contributed by atoms with Gasteiger partial charge in [-0.25, -0.2) is 15.0 Å². The van der Waals surface area contributed by atoms with Crippen LogP contribution in [0, 0.1) is 3.57 Å². The van der Waals surface area contributed by atoms with Gasteiger partial charge in [-0.1, -0.05) is 6.07 Å². The highest BCUT2D eigenvalue weighted by Crippen LogP contribution is 2.25. The number of benzene rings is 1. The molecule has 90 valence electrons. The van der Waals surface area contributed by atoms with E-state index in [9.17, 15) is 0 Å². The molecule has 0 bridgehead atoms. The van der Waals surface area contributed by atoms with Gasteiger partial charge in [-0.15, -0.1) is 0 Å². The molecule has 0 amide bonds. The Morgan fingerprint density at radius 2 is 2.00 bits per heavy atom. The van der Waals surface area contributed by atoms with Crippen molar-refractivity contribution in [3.05, 3.63) is 28.1 Å². The highest BCUT2D eigenvalue weighted by Gasteiger charge is 2.09. The molecule has 0 atom stereocenters. The Bertz CT molecular complexity index is 735. The molecule has 0 aliphatic heterocycles. The van der Waals surface area contributed by atoms with Crippen LogP contribution < -0.4 is 11.5 Å². The minimum atomic E-state index is 0.386. The molecular formula is C11H9IN6. The van der Waals surface area contributed by atoms with Crippen molar-refractivity contribution in [3.63, 3.8) is 0 Å². The number of nitrogen functional groups attached to an aromatic ring is 2. The third-order valence-corrected chi connectivity index (χ3v) is 3.57. The van der Waals surface area contributed by atoms with E-state index in [4.69, 9.17) is 11.5 Å². The fraction of sp³-hybridized carbons (Fsp3) is 0. The lowest BCUT2D eigenvalue weighted by Gasteiger charge is -2.00. The molecule has 0 radical (unpaired) electrons. The molecule has 0 saturated carbocycles. The molecule has 18 heavy (non-hydrogen) atoms. The zero-order valence-corrected chi connectivity index (χ0v) is 11.3. The summed E-state index contributed by atoms with van der Waals surface area (Å²) in [7, 11) is 0. The molecule has 0 unspecified atom stereocenters. The van der Waals surface area contributed by atoms with E-state index in [-0.39, 0.29) is 0 Å². The first kappa shape index (κ1) is 11.2. The first-order chi connectivity index (χ1) is 8.65. The van der Waals surface area contributed by atoms with Crippen LogP contribution in [-0.2, 0) is 0 Å². The van der Waals surface area contributed by atoms with Crippen molar-refractivity contribution in [1.29, 1.82) is 0 Å². The van der Waals surface area contributed by atoms with Crippen LogP contribution in [0.3, 0.4) is 0 Å². The van der Waals surface area contributed by atoms with E-state index < -0.39 is 0 Å². The van der Waals surface area contributed by atoms with Crippen molar-refractivity contribution in [2.24, 2.45) is 0 Å². The van der Waals surface area contributed by atoms with Crippen LogP contribution in [0.5, 0.6) is 0 Å². The molecule has 3 aromatic rings. The smallest absolute Gasteiger partial charge is 0.183 e. The molecule has 0 spiro atoms. The van der Waals surface area contributed by atoms with Gasteiger partial charge in [-0.3, -0.25) is 0 Å². The van der Waals surface area contributed by atoms with Crippen molar-refractivity contribution in [2.75, 3.05) is 11.5 Å². The van der Waals surface area contributed by atoms with Gasteiger partial charge in [0.15, 0.2) is 11.5 Å². The van der Waals surface area contributed by atoms with Gasteiger partial charge in [0.2, 0.25) is 0 Å². The van der Waals surface area contributed by atoms with Gasteiger partial charge < -0.3 is 16.5 Å². The molecule has 0 aliphatic rings. The number of anilines is 2. The average Bonchev–Trinajstić information content (AvgIpc) is 2.78. The predicted molar refractivity (Wildman–Crippen MR) is 78.7 cm³/mol. The molecule has 7 heteroatoms. The Balaban J connectivity index is 2.19. The third kappa shape index (κ3) is 1.76. The van der Waals surface area contributed by atoms with Crippen LogP contribution in [0.1, 0.15) is 0 Å². The summed E-state index contributed by atoms with van der Waals surface area (Å²) in [4.78, 5) is 15.5. The molecule has 1 aromatic carbocycles. The number of hydrogen-bond donors (Lipinski definition) is 3. The van der Waals surface area contributed by atoms with Crippen molar-refractivity contribution in [3.8, 4) is 11.4 Å². The number of halogens is 1. The van der Waals surface area contributed by atoms with Crippen LogP contribution in [-0.4, -0.2) is 19.9 Å². The maximum atomic E-state index is 5.88. The Kier molecular flexibility index (Phi) is 2.54. The fourth-order valence-corrected chi connectivity index (χ4v) is 2.01. The number of imidazole rings is 1. The van der Waals surface area contributed by atoms with Gasteiger partial charge in [0, 0.05) is 14.8 Å².